The molecule has 1 saturated carbocycles. The molecular weight excluding hydrogens is 304 g/mol. The molecule has 0 saturated heterocycles. The number of sulfonamides is 1. The van der Waals surface area contributed by atoms with Crippen LogP contribution in [-0.4, -0.2) is 28.2 Å². The highest BCUT2D eigenvalue weighted by atomic mass is 32.2. The van der Waals surface area contributed by atoms with Crippen LogP contribution in [0.1, 0.15) is 32.1 Å². The van der Waals surface area contributed by atoms with Crippen molar-refractivity contribution in [2.75, 3.05) is 14.2 Å². The quantitative estimate of drug-likeness (QED) is 0.897. The zero-order valence-corrected chi connectivity index (χ0v) is 13.6. The topological polar surface area (TPSA) is 88.4 Å². The molecule has 0 amide bonds. The van der Waals surface area contributed by atoms with Gasteiger partial charge in [-0.2, -0.15) is 9.98 Å². The third-order valence-corrected chi connectivity index (χ3v) is 5.47. The zero-order chi connectivity index (χ0) is 16.2. The number of nitriles is 1. The second-order valence-electron chi connectivity index (χ2n) is 5.38. The molecule has 0 aromatic heterocycles. The Bertz CT molecular complexity index is 673. The van der Waals surface area contributed by atoms with Crippen LogP contribution in [0.2, 0.25) is 0 Å². The Labute approximate surface area is 131 Å². The Hall–Kier alpha value is -1.78. The molecule has 2 rings (SSSR count). The number of benzene rings is 1. The molecule has 0 unspecified atom stereocenters. The van der Waals surface area contributed by atoms with Gasteiger partial charge in [-0.1, -0.05) is 19.3 Å². The van der Waals surface area contributed by atoms with Crippen LogP contribution in [0.5, 0.6) is 11.5 Å². The van der Waals surface area contributed by atoms with Crippen molar-refractivity contribution in [3.8, 4) is 17.6 Å². The van der Waals surface area contributed by atoms with Gasteiger partial charge < -0.3 is 9.47 Å². The number of nitrogens with one attached hydrogen (secondary N) is 1. The Morgan fingerprint density at radius 3 is 2.41 bits per heavy atom. The third-order valence-electron chi connectivity index (χ3n) is 3.91. The van der Waals surface area contributed by atoms with E-state index in [2.05, 4.69) is 10.8 Å². The van der Waals surface area contributed by atoms with Crippen LogP contribution in [0, 0.1) is 11.3 Å². The molecule has 1 aliphatic rings. The van der Waals surface area contributed by atoms with Crippen molar-refractivity contribution in [3.05, 3.63) is 18.2 Å². The van der Waals surface area contributed by atoms with Gasteiger partial charge in [-0.25, -0.2) is 8.42 Å². The summed E-state index contributed by atoms with van der Waals surface area (Å²) in [5.41, 5.74) is -1.04. The smallest absolute Gasteiger partial charge is 0.245 e. The molecule has 0 radical (unpaired) electrons. The van der Waals surface area contributed by atoms with Crippen molar-refractivity contribution in [3.63, 3.8) is 0 Å². The maximum Gasteiger partial charge on any atom is 0.245 e. The second-order valence-corrected chi connectivity index (χ2v) is 7.03. The van der Waals surface area contributed by atoms with Gasteiger partial charge in [-0.3, -0.25) is 0 Å². The van der Waals surface area contributed by atoms with Gasteiger partial charge in [0.05, 0.1) is 20.3 Å². The summed E-state index contributed by atoms with van der Waals surface area (Å²) >= 11 is 0. The Morgan fingerprint density at radius 2 is 1.86 bits per heavy atom. The largest absolute Gasteiger partial charge is 0.497 e. The predicted octanol–water partition coefficient (Wildman–Crippen LogP) is 2.21. The number of hydrogen-bond donors (Lipinski definition) is 1. The lowest BCUT2D eigenvalue weighted by Crippen LogP contribution is -2.48. The Balaban J connectivity index is 2.40. The van der Waals surface area contributed by atoms with Crippen LogP contribution in [-0.2, 0) is 10.0 Å². The maximum absolute atomic E-state index is 12.7. The molecule has 120 valence electrons. The molecule has 1 aliphatic carbocycles. The summed E-state index contributed by atoms with van der Waals surface area (Å²) in [5, 5.41) is 9.45. The van der Waals surface area contributed by atoms with E-state index in [4.69, 9.17) is 9.47 Å². The molecule has 7 heteroatoms. The lowest BCUT2D eigenvalue weighted by molar-refractivity contribution is 0.336. The number of rotatable bonds is 5. The van der Waals surface area contributed by atoms with Gasteiger partial charge in [0.1, 0.15) is 21.9 Å². The summed E-state index contributed by atoms with van der Waals surface area (Å²) < 4.78 is 38.2. The molecule has 1 N–H and O–H groups in total. The highest BCUT2D eigenvalue weighted by molar-refractivity contribution is 7.89. The summed E-state index contributed by atoms with van der Waals surface area (Å²) in [6.07, 6.45) is 3.74. The number of hydrogen-bond acceptors (Lipinski definition) is 5. The molecule has 1 aromatic carbocycles. The van der Waals surface area contributed by atoms with E-state index in [-0.39, 0.29) is 10.6 Å². The van der Waals surface area contributed by atoms with Crippen molar-refractivity contribution < 1.29 is 17.9 Å². The zero-order valence-electron chi connectivity index (χ0n) is 12.8. The van der Waals surface area contributed by atoms with E-state index in [1.807, 2.05) is 0 Å². The maximum atomic E-state index is 12.7. The molecule has 22 heavy (non-hydrogen) atoms. The second kappa shape index (κ2) is 6.55. The van der Waals surface area contributed by atoms with E-state index >= 15 is 0 Å². The first-order valence-corrected chi connectivity index (χ1v) is 8.62. The molecular formula is C15H20N2O4S. The fourth-order valence-electron chi connectivity index (χ4n) is 2.70. The van der Waals surface area contributed by atoms with Crippen molar-refractivity contribution in [1.82, 2.24) is 4.72 Å². The van der Waals surface area contributed by atoms with Crippen molar-refractivity contribution >= 4 is 10.0 Å². The highest BCUT2D eigenvalue weighted by Crippen LogP contribution is 2.33. The van der Waals surface area contributed by atoms with Gasteiger partial charge >= 0.3 is 0 Å². The van der Waals surface area contributed by atoms with Crippen molar-refractivity contribution in [2.45, 2.75) is 42.5 Å². The summed E-state index contributed by atoms with van der Waals surface area (Å²) in [7, 11) is -1.02. The summed E-state index contributed by atoms with van der Waals surface area (Å²) in [4.78, 5) is -0.0189. The molecule has 0 atom stereocenters. The highest BCUT2D eigenvalue weighted by Gasteiger charge is 2.37. The number of methoxy groups -OCH3 is 2. The molecule has 0 aliphatic heterocycles. The van der Waals surface area contributed by atoms with Gasteiger partial charge in [0.2, 0.25) is 10.0 Å². The number of ether oxygens (including phenoxy) is 2. The minimum absolute atomic E-state index is 0.0189. The van der Waals surface area contributed by atoms with Gasteiger partial charge in [0.15, 0.2) is 0 Å². The van der Waals surface area contributed by atoms with E-state index in [0.717, 1.165) is 19.3 Å². The van der Waals surface area contributed by atoms with E-state index in [1.165, 1.54) is 26.4 Å². The van der Waals surface area contributed by atoms with Gasteiger partial charge in [0, 0.05) is 6.07 Å². The first-order chi connectivity index (χ1) is 10.5. The standard InChI is InChI=1S/C15H20N2O4S/c1-20-12-6-7-13(21-2)14(10-12)22(18,19)17-15(11-16)8-4-3-5-9-15/h6-7,10,17H,3-5,8-9H2,1-2H3. The fourth-order valence-corrected chi connectivity index (χ4v) is 4.26. The SMILES string of the molecule is COc1ccc(OC)c(S(=O)(=O)NC2(C#N)CCCCC2)c1. The van der Waals surface area contributed by atoms with Gasteiger partial charge in [-0.15, -0.1) is 0 Å². The molecule has 1 fully saturated rings. The normalized spacial score (nSPS) is 17.5. The minimum Gasteiger partial charge on any atom is -0.497 e. The van der Waals surface area contributed by atoms with Crippen molar-refractivity contribution in [1.29, 1.82) is 5.26 Å². The predicted molar refractivity (Wildman–Crippen MR) is 81.3 cm³/mol. The Morgan fingerprint density at radius 1 is 1.18 bits per heavy atom. The summed E-state index contributed by atoms with van der Waals surface area (Å²) in [6.45, 7) is 0. The lowest BCUT2D eigenvalue weighted by Gasteiger charge is -2.31. The lowest BCUT2D eigenvalue weighted by atomic mass is 9.84. The molecule has 6 nitrogen and oxygen atoms in total. The first kappa shape index (κ1) is 16.6. The average molecular weight is 324 g/mol. The van der Waals surface area contributed by atoms with Gasteiger partial charge in [0.25, 0.3) is 0 Å². The number of nitrogens with zero attached hydrogens (tertiary/aromatic N) is 1. The minimum atomic E-state index is -3.88. The third kappa shape index (κ3) is 3.34. The van der Waals surface area contributed by atoms with Crippen LogP contribution in [0.4, 0.5) is 0 Å². The monoisotopic (exact) mass is 324 g/mol. The van der Waals surface area contributed by atoms with Crippen molar-refractivity contribution in [2.24, 2.45) is 0 Å². The Kier molecular flexibility index (Phi) is 4.94. The summed E-state index contributed by atoms with van der Waals surface area (Å²) in [5.74, 6) is 0.632. The van der Waals surface area contributed by atoms with E-state index < -0.39 is 15.6 Å². The molecule has 0 spiro atoms. The average Bonchev–Trinajstić information content (AvgIpc) is 2.54. The fraction of sp³-hybridized carbons (Fsp3) is 0.533. The first-order valence-electron chi connectivity index (χ1n) is 7.14. The van der Waals surface area contributed by atoms with E-state index in [9.17, 15) is 13.7 Å². The van der Waals surface area contributed by atoms with E-state index in [1.54, 1.807) is 6.07 Å². The van der Waals surface area contributed by atoms with Crippen LogP contribution >= 0.6 is 0 Å². The molecule has 1 aromatic rings. The van der Waals surface area contributed by atoms with Crippen LogP contribution in [0.3, 0.4) is 0 Å². The van der Waals surface area contributed by atoms with Gasteiger partial charge in [-0.05, 0) is 25.0 Å². The van der Waals surface area contributed by atoms with Crippen LogP contribution < -0.4 is 14.2 Å². The van der Waals surface area contributed by atoms with Crippen LogP contribution in [0.15, 0.2) is 23.1 Å². The molecule has 0 heterocycles. The summed E-state index contributed by atoms with van der Waals surface area (Å²) in [6, 6.07) is 6.70. The molecule has 0 bridgehead atoms. The van der Waals surface area contributed by atoms with E-state index in [0.29, 0.717) is 18.6 Å². The van der Waals surface area contributed by atoms with Crippen LogP contribution in [0.25, 0.3) is 0 Å².